The number of benzene rings is 4. The molecule has 0 nitrogen and oxygen atoms in total. The first kappa shape index (κ1) is 29.8. The summed E-state index contributed by atoms with van der Waals surface area (Å²) in [4.78, 5) is 0. The van der Waals surface area contributed by atoms with Gasteiger partial charge in [0.05, 0.1) is 0 Å². The van der Waals surface area contributed by atoms with Crippen LogP contribution in [0.15, 0.2) is 106 Å². The standard InChI is InChI=1S/C23H21.C13H8F2.C7H9.Zr/c1-22(2)7-5-14-10-18-16(12-20(14)22)9-17-13-21-15(11-19(17)18)6-8-23(21,3)4;14-12-5-1-10(2-6-12)9-11-3-7-13(15)8-4-11;1-6-3-4-7(2)5-6;/h5-13H,1-4H3;1-8H;3,5,7H,1-2H3;. The number of fused-ring (bicyclic) bond motifs is 5. The second kappa shape index (κ2) is 10.5. The fraction of sp³-hybridized carbons (Fsp3) is 0.233. The molecule has 1 atom stereocenters. The van der Waals surface area contributed by atoms with Crippen LogP contribution in [0.25, 0.3) is 23.3 Å². The normalized spacial score (nSPS) is 19.4. The molecular weight excluding hydrogens is 646 g/mol. The Bertz CT molecular complexity index is 1990. The van der Waals surface area contributed by atoms with E-state index in [1.165, 1.54) is 56.6 Å². The predicted octanol–water partition coefficient (Wildman–Crippen LogP) is 11.0. The number of halogens is 2. The maximum absolute atomic E-state index is 14.4. The summed E-state index contributed by atoms with van der Waals surface area (Å²) >= 11 is -3.09. The van der Waals surface area contributed by atoms with Crippen LogP contribution in [-0.2, 0) is 32.1 Å². The van der Waals surface area contributed by atoms with Gasteiger partial charge in [-0.05, 0) is 0 Å². The molecule has 0 aliphatic heterocycles. The van der Waals surface area contributed by atoms with Crippen LogP contribution in [0.2, 0.25) is 0 Å². The fourth-order valence-electron chi connectivity index (χ4n) is 8.25. The quantitative estimate of drug-likeness (QED) is 0.201. The van der Waals surface area contributed by atoms with Gasteiger partial charge in [-0.2, -0.15) is 0 Å². The molecule has 1 unspecified atom stereocenters. The number of hydrogen-bond acceptors (Lipinski definition) is 0. The number of allylic oxidation sites excluding steroid dienone is 6. The molecule has 0 saturated carbocycles. The molecule has 0 saturated heterocycles. The minimum absolute atomic E-state index is 0.0434. The fourth-order valence-corrected chi connectivity index (χ4v) is 17.9. The zero-order valence-electron chi connectivity index (χ0n) is 27.3. The average molecular weight is 684 g/mol. The topological polar surface area (TPSA) is 0 Å². The van der Waals surface area contributed by atoms with Crippen LogP contribution in [0.5, 0.6) is 0 Å². The van der Waals surface area contributed by atoms with Crippen LogP contribution in [0.1, 0.15) is 89.7 Å². The van der Waals surface area contributed by atoms with Crippen molar-refractivity contribution in [2.75, 3.05) is 0 Å². The summed E-state index contributed by atoms with van der Waals surface area (Å²) in [5.41, 5.74) is 14.2. The Morgan fingerprint density at radius 2 is 1.13 bits per heavy atom. The van der Waals surface area contributed by atoms with Crippen molar-refractivity contribution in [3.63, 3.8) is 0 Å². The van der Waals surface area contributed by atoms with Gasteiger partial charge in [0.25, 0.3) is 0 Å². The van der Waals surface area contributed by atoms with Crippen LogP contribution in [-0.4, -0.2) is 3.21 Å². The molecule has 0 fully saturated rings. The average Bonchev–Trinajstić information content (AvgIpc) is 3.71. The van der Waals surface area contributed by atoms with Crippen LogP contribution in [0, 0.1) is 17.6 Å². The van der Waals surface area contributed by atoms with Crippen molar-refractivity contribution in [3.8, 4) is 11.1 Å². The molecule has 8 rings (SSSR count). The second-order valence-corrected chi connectivity index (χ2v) is 20.8. The van der Waals surface area contributed by atoms with Crippen LogP contribution < -0.4 is 0 Å². The third-order valence-electron chi connectivity index (χ3n) is 10.6. The molecule has 0 aromatic heterocycles. The molecule has 0 N–H and O–H groups in total. The van der Waals surface area contributed by atoms with Gasteiger partial charge in [0, 0.05) is 0 Å². The van der Waals surface area contributed by atoms with Gasteiger partial charge in [-0.3, -0.25) is 0 Å². The van der Waals surface area contributed by atoms with Crippen molar-refractivity contribution in [2.45, 2.75) is 56.0 Å². The summed E-state index contributed by atoms with van der Waals surface area (Å²) in [6, 6.07) is 24.0. The molecule has 4 aromatic rings. The van der Waals surface area contributed by atoms with Gasteiger partial charge < -0.3 is 0 Å². The Kier molecular flexibility index (Phi) is 6.80. The summed E-state index contributed by atoms with van der Waals surface area (Å²) in [7, 11) is 0. The van der Waals surface area contributed by atoms with Crippen molar-refractivity contribution in [1.82, 2.24) is 0 Å². The van der Waals surface area contributed by atoms with Gasteiger partial charge in [0.1, 0.15) is 0 Å². The summed E-state index contributed by atoms with van der Waals surface area (Å²) in [5, 5.41) is 0. The van der Waals surface area contributed by atoms with E-state index < -0.39 is 21.3 Å². The zero-order valence-corrected chi connectivity index (χ0v) is 29.8. The summed E-state index contributed by atoms with van der Waals surface area (Å²) in [5.74, 6) is -0.186. The van der Waals surface area contributed by atoms with E-state index in [-0.39, 0.29) is 26.1 Å². The molecule has 46 heavy (non-hydrogen) atoms. The van der Waals surface area contributed by atoms with Gasteiger partial charge in [0.15, 0.2) is 0 Å². The summed E-state index contributed by atoms with van der Waals surface area (Å²) in [6.07, 6.45) is 14.1. The molecule has 0 heterocycles. The molecule has 4 aliphatic carbocycles. The van der Waals surface area contributed by atoms with Crippen LogP contribution >= 0.6 is 0 Å². The van der Waals surface area contributed by atoms with E-state index in [9.17, 15) is 8.78 Å². The van der Waals surface area contributed by atoms with Crippen LogP contribution in [0.4, 0.5) is 8.78 Å². The van der Waals surface area contributed by atoms with E-state index in [0.29, 0.717) is 5.92 Å². The molecule has 4 aliphatic rings. The first-order chi connectivity index (χ1) is 21.9. The molecule has 4 aromatic carbocycles. The molecule has 0 amide bonds. The van der Waals surface area contributed by atoms with Gasteiger partial charge in [-0.1, -0.05) is 0 Å². The first-order valence-electron chi connectivity index (χ1n) is 16.3. The SMILES string of the molecule is CC1=CC(C)[C]([Zr](=[C](c2ccc(F)cc2)c2ccc(F)cc2)[CH]2c3cc4c(cc3-c3cc5c(cc32)C(C)(C)C=C5)C=CC4(C)C)=C1. The van der Waals surface area contributed by atoms with Gasteiger partial charge in [-0.15, -0.1) is 0 Å². The Morgan fingerprint density at radius 1 is 0.674 bits per heavy atom. The van der Waals surface area contributed by atoms with E-state index in [4.69, 9.17) is 0 Å². The summed E-state index contributed by atoms with van der Waals surface area (Å²) in [6.45, 7) is 13.8. The minimum atomic E-state index is -3.09. The van der Waals surface area contributed by atoms with Crippen molar-refractivity contribution in [2.24, 2.45) is 5.92 Å². The molecular formula is C43H38F2Zr. The second-order valence-electron chi connectivity index (χ2n) is 14.7. The Hall–Kier alpha value is -3.55. The maximum atomic E-state index is 14.4. The van der Waals surface area contributed by atoms with Gasteiger partial charge in [0.2, 0.25) is 0 Å². The Morgan fingerprint density at radius 3 is 1.54 bits per heavy atom. The van der Waals surface area contributed by atoms with Crippen molar-refractivity contribution in [3.05, 3.63) is 162 Å². The van der Waals surface area contributed by atoms with E-state index in [1.54, 1.807) is 24.3 Å². The van der Waals surface area contributed by atoms with Gasteiger partial charge in [-0.25, -0.2) is 0 Å². The van der Waals surface area contributed by atoms with E-state index >= 15 is 0 Å². The van der Waals surface area contributed by atoms with Crippen molar-refractivity contribution < 1.29 is 30.0 Å². The van der Waals surface area contributed by atoms with Crippen molar-refractivity contribution >= 4 is 15.4 Å². The number of rotatable bonds is 4. The third-order valence-corrected chi connectivity index (χ3v) is 19.3. The molecule has 3 heteroatoms. The monoisotopic (exact) mass is 682 g/mol. The van der Waals surface area contributed by atoms with E-state index in [0.717, 1.165) is 11.1 Å². The number of hydrogen-bond donors (Lipinski definition) is 0. The van der Waals surface area contributed by atoms with Crippen molar-refractivity contribution in [1.29, 1.82) is 0 Å². The Labute approximate surface area is 279 Å². The van der Waals surface area contributed by atoms with Crippen LogP contribution in [0.3, 0.4) is 0 Å². The van der Waals surface area contributed by atoms with E-state index in [1.807, 2.05) is 24.3 Å². The van der Waals surface area contributed by atoms with E-state index in [2.05, 4.69) is 102 Å². The predicted molar refractivity (Wildman–Crippen MR) is 185 cm³/mol. The molecule has 0 bridgehead atoms. The molecule has 228 valence electrons. The van der Waals surface area contributed by atoms with Gasteiger partial charge >= 0.3 is 281 Å². The summed E-state index contributed by atoms with van der Waals surface area (Å²) < 4.78 is 31.9. The zero-order chi connectivity index (χ0) is 32.1. The third kappa shape index (κ3) is 4.64. The Balaban J connectivity index is 1.51. The molecule has 0 spiro atoms. The first-order valence-corrected chi connectivity index (χ1v) is 20.2. The molecule has 0 radical (unpaired) electrons.